The van der Waals surface area contributed by atoms with Gasteiger partial charge in [-0.3, -0.25) is 0 Å². The van der Waals surface area contributed by atoms with Crippen molar-refractivity contribution in [2.75, 3.05) is 11.5 Å². The van der Waals surface area contributed by atoms with Gasteiger partial charge in [-0.2, -0.15) is 16.7 Å². The maximum Gasteiger partial charge on any atom is 0.243 e. The van der Waals surface area contributed by atoms with Crippen LogP contribution in [0.3, 0.4) is 0 Å². The highest BCUT2D eigenvalue weighted by Gasteiger charge is 2.30. The summed E-state index contributed by atoms with van der Waals surface area (Å²) < 4.78 is 5.32. The average molecular weight is 287 g/mol. The van der Waals surface area contributed by atoms with Crippen LogP contribution in [0.4, 0.5) is 0 Å². The van der Waals surface area contributed by atoms with Crippen LogP contribution >= 0.6 is 23.5 Å². The highest BCUT2D eigenvalue weighted by molar-refractivity contribution is 8.06. The predicted molar refractivity (Wildman–Crippen MR) is 77.9 cm³/mol. The molecule has 0 amide bonds. The van der Waals surface area contributed by atoms with Gasteiger partial charge in [-0.25, -0.2) is 0 Å². The number of nitrogens with zero attached hydrogens (tertiary/aromatic N) is 2. The largest absolute Gasteiger partial charge is 0.338 e. The summed E-state index contributed by atoms with van der Waals surface area (Å²) in [6, 6.07) is -0.113. The van der Waals surface area contributed by atoms with E-state index in [1.165, 1.54) is 5.75 Å². The van der Waals surface area contributed by atoms with Crippen LogP contribution < -0.4 is 5.73 Å². The zero-order valence-electron chi connectivity index (χ0n) is 11.0. The molecule has 2 rings (SSSR count). The van der Waals surface area contributed by atoms with Gasteiger partial charge in [0.05, 0.1) is 11.3 Å². The first-order valence-electron chi connectivity index (χ1n) is 6.58. The van der Waals surface area contributed by atoms with Crippen LogP contribution in [0.1, 0.15) is 56.1 Å². The van der Waals surface area contributed by atoms with E-state index < -0.39 is 0 Å². The minimum atomic E-state index is -0.113. The molecule has 1 saturated heterocycles. The van der Waals surface area contributed by atoms with Gasteiger partial charge in [0.2, 0.25) is 5.89 Å². The van der Waals surface area contributed by atoms with Crippen molar-refractivity contribution in [2.24, 2.45) is 5.73 Å². The smallest absolute Gasteiger partial charge is 0.243 e. The first-order valence-corrected chi connectivity index (χ1v) is 8.68. The molecule has 6 heteroatoms. The minimum absolute atomic E-state index is 0.113. The van der Waals surface area contributed by atoms with Crippen molar-refractivity contribution in [3.8, 4) is 0 Å². The molecule has 2 N–H and O–H groups in total. The molecule has 0 saturated carbocycles. The van der Waals surface area contributed by atoms with Gasteiger partial charge >= 0.3 is 0 Å². The Hall–Kier alpha value is -0.200. The highest BCUT2D eigenvalue weighted by atomic mass is 32.2. The van der Waals surface area contributed by atoms with Crippen molar-refractivity contribution < 1.29 is 4.52 Å². The van der Waals surface area contributed by atoms with Crippen molar-refractivity contribution in [2.45, 2.75) is 49.7 Å². The van der Waals surface area contributed by atoms with Crippen molar-refractivity contribution in [3.05, 3.63) is 11.7 Å². The molecule has 1 aromatic rings. The van der Waals surface area contributed by atoms with Crippen molar-refractivity contribution >= 4 is 23.5 Å². The standard InChI is InChI=1S/C12H21N3OS2/c1-3-5-8(13)12-14-11(15-16-12)10-9(4-2)17-6-7-18-10/h8-10H,3-7,13H2,1-2H3. The Balaban J connectivity index is 2.08. The summed E-state index contributed by atoms with van der Waals surface area (Å²) in [5, 5.41) is 5.10. The maximum absolute atomic E-state index is 6.01. The third kappa shape index (κ3) is 3.22. The molecule has 1 aliphatic rings. The lowest BCUT2D eigenvalue weighted by molar-refractivity contribution is 0.344. The van der Waals surface area contributed by atoms with Crippen LogP contribution in [0.15, 0.2) is 4.52 Å². The monoisotopic (exact) mass is 287 g/mol. The van der Waals surface area contributed by atoms with E-state index in [0.717, 1.165) is 30.8 Å². The van der Waals surface area contributed by atoms with E-state index >= 15 is 0 Å². The predicted octanol–water partition coefficient (Wildman–Crippen LogP) is 3.17. The third-order valence-electron chi connectivity index (χ3n) is 3.08. The molecule has 3 unspecified atom stereocenters. The number of thioether (sulfide) groups is 2. The second-order valence-electron chi connectivity index (χ2n) is 4.49. The molecule has 0 spiro atoms. The maximum atomic E-state index is 6.01. The molecule has 1 fully saturated rings. The van der Waals surface area contributed by atoms with E-state index in [1.807, 2.05) is 23.5 Å². The molecule has 2 heterocycles. The molecule has 0 aliphatic carbocycles. The normalized spacial score (nSPS) is 26.2. The van der Waals surface area contributed by atoms with Crippen LogP contribution in [0.2, 0.25) is 0 Å². The summed E-state index contributed by atoms with van der Waals surface area (Å²) in [5.74, 6) is 3.81. The summed E-state index contributed by atoms with van der Waals surface area (Å²) in [6.45, 7) is 4.33. The summed E-state index contributed by atoms with van der Waals surface area (Å²) in [5.41, 5.74) is 6.01. The zero-order valence-corrected chi connectivity index (χ0v) is 12.6. The van der Waals surface area contributed by atoms with Gasteiger partial charge < -0.3 is 10.3 Å². The van der Waals surface area contributed by atoms with Gasteiger partial charge in [-0.15, -0.1) is 11.8 Å². The molecular weight excluding hydrogens is 266 g/mol. The van der Waals surface area contributed by atoms with E-state index in [2.05, 4.69) is 24.0 Å². The van der Waals surface area contributed by atoms with Crippen LogP contribution in [0.25, 0.3) is 0 Å². The van der Waals surface area contributed by atoms with Crippen molar-refractivity contribution in [1.82, 2.24) is 10.1 Å². The van der Waals surface area contributed by atoms with Crippen molar-refractivity contribution in [1.29, 1.82) is 0 Å². The second-order valence-corrected chi connectivity index (χ2v) is 7.09. The third-order valence-corrected chi connectivity index (χ3v) is 6.32. The van der Waals surface area contributed by atoms with E-state index in [4.69, 9.17) is 10.3 Å². The minimum Gasteiger partial charge on any atom is -0.338 e. The SMILES string of the molecule is CCCC(N)c1nc(C2SCCSC2CC)no1. The van der Waals surface area contributed by atoms with Gasteiger partial charge in [-0.05, 0) is 12.8 Å². The number of nitrogens with two attached hydrogens (primary N) is 1. The lowest BCUT2D eigenvalue weighted by Crippen LogP contribution is -2.19. The molecule has 0 bridgehead atoms. The van der Waals surface area contributed by atoms with Crippen LogP contribution in [0.5, 0.6) is 0 Å². The Morgan fingerprint density at radius 2 is 2.17 bits per heavy atom. The molecule has 3 atom stereocenters. The van der Waals surface area contributed by atoms with E-state index in [0.29, 0.717) is 16.4 Å². The lowest BCUT2D eigenvalue weighted by atomic mass is 10.2. The average Bonchev–Trinajstić information content (AvgIpc) is 2.88. The van der Waals surface area contributed by atoms with Gasteiger partial charge in [0.25, 0.3) is 0 Å². The fourth-order valence-corrected chi connectivity index (χ4v) is 5.07. The summed E-state index contributed by atoms with van der Waals surface area (Å²) in [4.78, 5) is 4.51. The molecule has 0 aromatic carbocycles. The van der Waals surface area contributed by atoms with Gasteiger partial charge in [0, 0.05) is 16.8 Å². The molecule has 1 aliphatic heterocycles. The Kier molecular flexibility index (Phi) is 5.38. The summed E-state index contributed by atoms with van der Waals surface area (Å²) in [6.07, 6.45) is 3.07. The Bertz CT molecular complexity index is 372. The van der Waals surface area contributed by atoms with Gasteiger partial charge in [0.15, 0.2) is 5.82 Å². The first kappa shape index (κ1) is 14.2. The van der Waals surface area contributed by atoms with Gasteiger partial charge in [-0.1, -0.05) is 25.4 Å². The number of hydrogen-bond acceptors (Lipinski definition) is 6. The molecular formula is C12H21N3OS2. The number of aromatic nitrogens is 2. The fourth-order valence-electron chi connectivity index (χ4n) is 2.09. The molecule has 1 aromatic heterocycles. The Morgan fingerprint density at radius 3 is 2.89 bits per heavy atom. The van der Waals surface area contributed by atoms with E-state index in [9.17, 15) is 0 Å². The van der Waals surface area contributed by atoms with Gasteiger partial charge in [0.1, 0.15) is 0 Å². The van der Waals surface area contributed by atoms with Crippen LogP contribution in [0, 0.1) is 0 Å². The topological polar surface area (TPSA) is 64.9 Å². The summed E-state index contributed by atoms with van der Waals surface area (Å²) in [7, 11) is 0. The Morgan fingerprint density at radius 1 is 1.39 bits per heavy atom. The molecule has 0 radical (unpaired) electrons. The Labute approximate surface area is 117 Å². The van der Waals surface area contributed by atoms with E-state index in [1.54, 1.807) is 0 Å². The number of rotatable bonds is 5. The highest BCUT2D eigenvalue weighted by Crippen LogP contribution is 2.43. The molecule has 4 nitrogen and oxygen atoms in total. The molecule has 18 heavy (non-hydrogen) atoms. The van der Waals surface area contributed by atoms with Crippen molar-refractivity contribution in [3.63, 3.8) is 0 Å². The van der Waals surface area contributed by atoms with E-state index in [-0.39, 0.29) is 6.04 Å². The summed E-state index contributed by atoms with van der Waals surface area (Å²) >= 11 is 3.96. The fraction of sp³-hybridized carbons (Fsp3) is 0.833. The molecule has 102 valence electrons. The number of hydrogen-bond donors (Lipinski definition) is 1. The van der Waals surface area contributed by atoms with Crippen LogP contribution in [-0.2, 0) is 0 Å². The quantitative estimate of drug-likeness (QED) is 0.897. The second kappa shape index (κ2) is 6.82. The lowest BCUT2D eigenvalue weighted by Gasteiger charge is -2.27. The zero-order chi connectivity index (χ0) is 13.0. The first-order chi connectivity index (χ1) is 8.76. The van der Waals surface area contributed by atoms with Crippen LogP contribution in [-0.4, -0.2) is 26.9 Å².